The molecular formula is C20H18F12N2O. The van der Waals surface area contributed by atoms with Crippen LogP contribution in [0.15, 0.2) is 36.4 Å². The van der Waals surface area contributed by atoms with Gasteiger partial charge in [0, 0.05) is 32.7 Å². The summed E-state index contributed by atoms with van der Waals surface area (Å²) in [6, 6.07) is 8.83. The number of hydrogen-bond acceptors (Lipinski definition) is 2. The summed E-state index contributed by atoms with van der Waals surface area (Å²) in [5.41, 5.74) is 0.818. The van der Waals surface area contributed by atoms with Crippen LogP contribution >= 0.6 is 0 Å². The Hall–Kier alpha value is -2.45. The maximum absolute atomic E-state index is 14.1. The van der Waals surface area contributed by atoms with Gasteiger partial charge in [-0.25, -0.2) is 8.78 Å². The van der Waals surface area contributed by atoms with Crippen molar-refractivity contribution in [2.45, 2.75) is 36.0 Å². The molecule has 15 heteroatoms. The van der Waals surface area contributed by atoms with E-state index >= 15 is 0 Å². The largest absolute Gasteiger partial charge is 0.392 e. The Morgan fingerprint density at radius 3 is 1.80 bits per heavy atom. The average molecular weight is 530 g/mol. The molecule has 0 spiro atoms. The minimum Gasteiger partial charge on any atom is -0.335 e. The van der Waals surface area contributed by atoms with Gasteiger partial charge in [-0.15, -0.1) is 0 Å². The Labute approximate surface area is 191 Å². The summed E-state index contributed by atoms with van der Waals surface area (Å²) in [7, 11) is 0. The first-order valence-electron chi connectivity index (χ1n) is 9.81. The number of alkyl halides is 12. The molecular weight excluding hydrogens is 512 g/mol. The molecule has 0 bridgehead atoms. The minimum atomic E-state index is -7.72. The fourth-order valence-corrected chi connectivity index (χ4v) is 3.11. The molecule has 0 unspecified atom stereocenters. The second kappa shape index (κ2) is 9.90. The summed E-state index contributed by atoms with van der Waals surface area (Å²) in [4.78, 5) is 13.4. The molecule has 1 amide bonds. The lowest BCUT2D eigenvalue weighted by molar-refractivity contribution is -0.407. The number of hydrogen-bond donors (Lipinski definition) is 0. The predicted octanol–water partition coefficient (Wildman–Crippen LogP) is 5.29. The Morgan fingerprint density at radius 1 is 0.800 bits per heavy atom. The highest BCUT2D eigenvalue weighted by atomic mass is 19.4. The number of piperazine rings is 1. The van der Waals surface area contributed by atoms with Crippen molar-refractivity contribution in [3.8, 4) is 0 Å². The predicted molar refractivity (Wildman–Crippen MR) is 99.2 cm³/mol. The van der Waals surface area contributed by atoms with Gasteiger partial charge in [0.2, 0.25) is 0 Å². The molecule has 1 fully saturated rings. The summed E-state index contributed by atoms with van der Waals surface area (Å²) < 4.78 is 160. The van der Waals surface area contributed by atoms with Crippen LogP contribution in [0, 0.1) is 0 Å². The third-order valence-electron chi connectivity index (χ3n) is 5.28. The van der Waals surface area contributed by atoms with E-state index in [0.717, 1.165) is 5.56 Å². The summed E-state index contributed by atoms with van der Waals surface area (Å²) in [6.45, 7) is -1.61. The van der Waals surface area contributed by atoms with Crippen LogP contribution in [0.1, 0.15) is 5.56 Å². The Balaban J connectivity index is 2.11. The third-order valence-corrected chi connectivity index (χ3v) is 5.28. The van der Waals surface area contributed by atoms with Gasteiger partial charge in [0.25, 0.3) is 5.91 Å². The van der Waals surface area contributed by atoms with Crippen LogP contribution in [-0.2, 0) is 4.79 Å². The van der Waals surface area contributed by atoms with Gasteiger partial charge in [-0.3, -0.25) is 9.69 Å². The number of carbonyl (C=O) groups is 1. The molecule has 2 rings (SSSR count). The zero-order valence-corrected chi connectivity index (χ0v) is 17.5. The lowest BCUT2D eigenvalue weighted by Crippen LogP contribution is -2.71. The fourth-order valence-electron chi connectivity index (χ4n) is 3.11. The molecule has 0 N–H and O–H groups in total. The second-order valence-electron chi connectivity index (χ2n) is 7.63. The Bertz CT molecular complexity index is 897. The first-order chi connectivity index (χ1) is 15.9. The van der Waals surface area contributed by atoms with Gasteiger partial charge >= 0.3 is 36.0 Å². The fraction of sp³-hybridized carbons (Fsp3) is 0.550. The van der Waals surface area contributed by atoms with Crippen LogP contribution in [0.5, 0.6) is 0 Å². The zero-order chi connectivity index (χ0) is 26.9. The van der Waals surface area contributed by atoms with Crippen LogP contribution in [0.25, 0.3) is 6.08 Å². The van der Waals surface area contributed by atoms with Gasteiger partial charge in [0.05, 0.1) is 0 Å². The minimum absolute atomic E-state index is 0.0230. The average Bonchev–Trinajstić information content (AvgIpc) is 2.79. The van der Waals surface area contributed by atoms with E-state index in [0.29, 0.717) is 0 Å². The van der Waals surface area contributed by atoms with Crippen LogP contribution in [0.3, 0.4) is 0 Å². The monoisotopic (exact) mass is 530 g/mol. The van der Waals surface area contributed by atoms with Crippen molar-refractivity contribution in [1.29, 1.82) is 0 Å². The SMILES string of the molecule is O=C(N1CCN(CC=Cc2ccccc2)CC1)C(F)(F)C(F)(F)C(F)(F)C(F)(F)C(F)(F)C(F)F. The van der Waals surface area contributed by atoms with E-state index in [2.05, 4.69) is 0 Å². The Morgan fingerprint density at radius 2 is 1.31 bits per heavy atom. The lowest BCUT2D eigenvalue weighted by Gasteiger charge is -2.41. The summed E-state index contributed by atoms with van der Waals surface area (Å²) >= 11 is 0. The van der Waals surface area contributed by atoms with E-state index in [4.69, 9.17) is 0 Å². The number of benzene rings is 1. The molecule has 0 saturated carbocycles. The van der Waals surface area contributed by atoms with Crippen molar-refractivity contribution in [1.82, 2.24) is 9.80 Å². The van der Waals surface area contributed by atoms with Crippen molar-refractivity contribution < 1.29 is 57.5 Å². The molecule has 0 atom stereocenters. The van der Waals surface area contributed by atoms with Gasteiger partial charge in [-0.1, -0.05) is 42.5 Å². The molecule has 0 radical (unpaired) electrons. The molecule has 1 aromatic rings. The number of rotatable bonds is 9. The molecule has 198 valence electrons. The summed E-state index contributed by atoms with van der Waals surface area (Å²) in [6.07, 6.45) is -2.24. The first kappa shape index (κ1) is 28.8. The molecule has 0 aliphatic carbocycles. The van der Waals surface area contributed by atoms with E-state index in [1.165, 1.54) is 0 Å². The molecule has 1 saturated heterocycles. The molecule has 1 aliphatic heterocycles. The highest BCUT2D eigenvalue weighted by Gasteiger charge is 2.89. The highest BCUT2D eigenvalue weighted by Crippen LogP contribution is 2.58. The van der Waals surface area contributed by atoms with E-state index in [9.17, 15) is 57.5 Å². The van der Waals surface area contributed by atoms with E-state index in [1.54, 1.807) is 47.4 Å². The molecule has 3 nitrogen and oxygen atoms in total. The third kappa shape index (κ3) is 5.09. The van der Waals surface area contributed by atoms with Crippen molar-refractivity contribution in [2.24, 2.45) is 0 Å². The van der Waals surface area contributed by atoms with Gasteiger partial charge in [-0.2, -0.15) is 43.9 Å². The number of carbonyl (C=O) groups excluding carboxylic acids is 1. The number of nitrogens with zero attached hydrogens (tertiary/aromatic N) is 2. The summed E-state index contributed by atoms with van der Waals surface area (Å²) in [5, 5.41) is 0. The van der Waals surface area contributed by atoms with Crippen molar-refractivity contribution in [2.75, 3.05) is 32.7 Å². The molecule has 35 heavy (non-hydrogen) atoms. The smallest absolute Gasteiger partial charge is 0.335 e. The van der Waals surface area contributed by atoms with Crippen LogP contribution in [0.4, 0.5) is 52.7 Å². The molecule has 1 aromatic carbocycles. The van der Waals surface area contributed by atoms with E-state index in [-0.39, 0.29) is 24.5 Å². The lowest BCUT2D eigenvalue weighted by atomic mass is 9.93. The van der Waals surface area contributed by atoms with E-state index in [1.807, 2.05) is 0 Å². The van der Waals surface area contributed by atoms with Gasteiger partial charge in [0.1, 0.15) is 0 Å². The topological polar surface area (TPSA) is 23.6 Å². The highest BCUT2D eigenvalue weighted by molar-refractivity contribution is 5.85. The van der Waals surface area contributed by atoms with Gasteiger partial charge in [-0.05, 0) is 5.56 Å². The normalized spacial score (nSPS) is 17.5. The van der Waals surface area contributed by atoms with Crippen LogP contribution < -0.4 is 0 Å². The van der Waals surface area contributed by atoms with Gasteiger partial charge < -0.3 is 4.90 Å². The first-order valence-corrected chi connectivity index (χ1v) is 9.81. The number of halogens is 12. The van der Waals surface area contributed by atoms with Crippen molar-refractivity contribution in [3.63, 3.8) is 0 Å². The van der Waals surface area contributed by atoms with Crippen molar-refractivity contribution >= 4 is 12.0 Å². The number of amides is 1. The summed E-state index contributed by atoms with van der Waals surface area (Å²) in [5.74, 6) is -39.5. The standard InChI is InChI=1S/C20H18F12N2O/c21-14(22)16(23,24)18(27,28)20(31,32)19(29,30)17(25,26)15(35)34-11-9-33(10-12-34)8-4-7-13-5-2-1-3-6-13/h1-7,14H,8-12H2. The van der Waals surface area contributed by atoms with Gasteiger partial charge in [0.15, 0.2) is 0 Å². The van der Waals surface area contributed by atoms with Crippen LogP contribution in [-0.4, -0.2) is 84.5 Å². The quantitative estimate of drug-likeness (QED) is 0.406. The zero-order valence-electron chi connectivity index (χ0n) is 17.5. The molecule has 0 aromatic heterocycles. The maximum Gasteiger partial charge on any atom is 0.392 e. The molecule has 1 heterocycles. The Kier molecular flexibility index (Phi) is 8.14. The maximum atomic E-state index is 14.1. The van der Waals surface area contributed by atoms with Crippen molar-refractivity contribution in [3.05, 3.63) is 42.0 Å². The second-order valence-corrected chi connectivity index (χ2v) is 7.63. The van der Waals surface area contributed by atoms with E-state index < -0.39 is 55.0 Å². The van der Waals surface area contributed by atoms with Crippen LogP contribution in [0.2, 0.25) is 0 Å². The molecule has 1 aliphatic rings.